The molecular formula is C17H23N3O4. The topological polar surface area (TPSA) is 70.2 Å². The van der Waals surface area contributed by atoms with Gasteiger partial charge in [0.25, 0.3) is 0 Å². The number of nitrogens with zero attached hydrogens (tertiary/aromatic N) is 3. The van der Waals surface area contributed by atoms with Crippen LogP contribution in [0.5, 0.6) is 0 Å². The smallest absolute Gasteiger partial charge is 0.315 e. The minimum atomic E-state index is -0.526. The van der Waals surface area contributed by atoms with Gasteiger partial charge in [0.2, 0.25) is 11.8 Å². The highest BCUT2D eigenvalue weighted by Crippen LogP contribution is 2.12. The molecule has 130 valence electrons. The number of hydrogen-bond donors (Lipinski definition) is 0. The number of esters is 1. The Bertz CT molecular complexity index is 583. The molecule has 1 aliphatic heterocycles. The lowest BCUT2D eigenvalue weighted by atomic mass is 10.2. The summed E-state index contributed by atoms with van der Waals surface area (Å²) in [7, 11) is 3.02. The van der Waals surface area contributed by atoms with Gasteiger partial charge in [-0.1, -0.05) is 18.2 Å². The van der Waals surface area contributed by atoms with Crippen molar-refractivity contribution in [3.63, 3.8) is 0 Å². The molecule has 0 bridgehead atoms. The monoisotopic (exact) mass is 333 g/mol. The number of para-hydroxylation sites is 1. The van der Waals surface area contributed by atoms with Crippen molar-refractivity contribution in [3.8, 4) is 0 Å². The molecule has 7 nitrogen and oxygen atoms in total. The minimum absolute atomic E-state index is 0.00976. The van der Waals surface area contributed by atoms with Crippen molar-refractivity contribution in [2.24, 2.45) is 0 Å². The predicted molar refractivity (Wildman–Crippen MR) is 89.5 cm³/mol. The number of piperazine rings is 1. The Morgan fingerprint density at radius 2 is 1.71 bits per heavy atom. The maximum Gasteiger partial charge on any atom is 0.315 e. The quantitative estimate of drug-likeness (QED) is 0.575. The summed E-state index contributed by atoms with van der Waals surface area (Å²) in [5.41, 5.74) is 0.856. The Hall–Kier alpha value is -2.41. The number of rotatable bonds is 5. The van der Waals surface area contributed by atoms with E-state index in [1.807, 2.05) is 35.2 Å². The van der Waals surface area contributed by atoms with Crippen LogP contribution in [0.2, 0.25) is 0 Å². The fourth-order valence-corrected chi connectivity index (χ4v) is 2.56. The third-order valence-corrected chi connectivity index (χ3v) is 4.12. The average molecular weight is 333 g/mol. The highest BCUT2D eigenvalue weighted by Gasteiger charge is 2.24. The van der Waals surface area contributed by atoms with Crippen LogP contribution in [-0.4, -0.2) is 74.5 Å². The first-order valence-corrected chi connectivity index (χ1v) is 7.90. The fourth-order valence-electron chi connectivity index (χ4n) is 2.56. The van der Waals surface area contributed by atoms with E-state index in [1.165, 1.54) is 7.11 Å². The van der Waals surface area contributed by atoms with Crippen molar-refractivity contribution in [1.82, 2.24) is 9.80 Å². The summed E-state index contributed by atoms with van der Waals surface area (Å²) in [6, 6.07) is 9.48. The number of benzene rings is 1. The largest absolute Gasteiger partial charge is 0.469 e. The number of carbonyl (C=O) groups excluding carboxylic acids is 3. The zero-order valence-corrected chi connectivity index (χ0v) is 14.1. The third kappa shape index (κ3) is 4.79. The van der Waals surface area contributed by atoms with E-state index in [0.29, 0.717) is 32.7 Å². The maximum absolute atomic E-state index is 12.4. The molecule has 0 saturated carbocycles. The van der Waals surface area contributed by atoms with E-state index in [-0.39, 0.29) is 18.2 Å². The van der Waals surface area contributed by atoms with Crippen LogP contribution in [0.3, 0.4) is 0 Å². The van der Waals surface area contributed by atoms with Crippen LogP contribution in [0.1, 0.15) is 6.42 Å². The van der Waals surface area contributed by atoms with E-state index in [0.717, 1.165) is 5.69 Å². The van der Waals surface area contributed by atoms with Crippen molar-refractivity contribution in [2.75, 3.05) is 51.8 Å². The summed E-state index contributed by atoms with van der Waals surface area (Å²) >= 11 is 0. The van der Waals surface area contributed by atoms with Crippen molar-refractivity contribution < 1.29 is 19.1 Å². The molecule has 0 spiro atoms. The lowest BCUT2D eigenvalue weighted by molar-refractivity contribution is -0.147. The molecule has 24 heavy (non-hydrogen) atoms. The van der Waals surface area contributed by atoms with Crippen LogP contribution in [0.25, 0.3) is 0 Å². The number of carbonyl (C=O) groups is 3. The number of anilines is 1. The van der Waals surface area contributed by atoms with Gasteiger partial charge in [-0.2, -0.15) is 0 Å². The molecule has 0 radical (unpaired) electrons. The lowest BCUT2D eigenvalue weighted by Gasteiger charge is -2.34. The fraction of sp³-hybridized carbons (Fsp3) is 0.471. The van der Waals surface area contributed by atoms with Gasteiger partial charge in [-0.05, 0) is 12.1 Å². The number of methoxy groups -OCH3 is 1. The summed E-state index contributed by atoms with van der Waals surface area (Å²) in [5.74, 6) is -0.744. The Morgan fingerprint density at radius 3 is 2.29 bits per heavy atom. The summed E-state index contributed by atoms with van der Waals surface area (Å²) in [4.78, 5) is 40.7. The van der Waals surface area contributed by atoms with Crippen LogP contribution in [-0.2, 0) is 19.1 Å². The summed E-state index contributed by atoms with van der Waals surface area (Å²) in [6.45, 7) is 2.56. The molecule has 2 amide bonds. The highest BCUT2D eigenvalue weighted by atomic mass is 16.5. The van der Waals surface area contributed by atoms with E-state index in [4.69, 9.17) is 0 Å². The van der Waals surface area contributed by atoms with Gasteiger partial charge in [0, 0.05) is 38.9 Å². The lowest BCUT2D eigenvalue weighted by Crippen LogP contribution is -2.51. The van der Waals surface area contributed by atoms with Crippen molar-refractivity contribution >= 4 is 23.5 Å². The molecule has 0 atom stereocenters. The molecule has 1 aliphatic rings. The van der Waals surface area contributed by atoms with Gasteiger partial charge in [0.15, 0.2) is 0 Å². The van der Waals surface area contributed by atoms with Crippen molar-refractivity contribution in [1.29, 1.82) is 0 Å². The molecule has 1 fully saturated rings. The molecule has 7 heteroatoms. The van der Waals surface area contributed by atoms with Gasteiger partial charge < -0.3 is 14.5 Å². The summed E-state index contributed by atoms with van der Waals surface area (Å²) in [6.07, 6.45) is -0.230. The number of hydrogen-bond acceptors (Lipinski definition) is 5. The third-order valence-electron chi connectivity index (χ3n) is 4.12. The maximum atomic E-state index is 12.4. The van der Waals surface area contributed by atoms with Gasteiger partial charge >= 0.3 is 5.97 Å². The van der Waals surface area contributed by atoms with Crippen LogP contribution in [0, 0.1) is 0 Å². The van der Waals surface area contributed by atoms with Crippen molar-refractivity contribution in [3.05, 3.63) is 30.3 Å². The predicted octanol–water partition coefficient (Wildman–Crippen LogP) is 0.357. The molecule has 0 aliphatic carbocycles. The Balaban J connectivity index is 1.79. The summed E-state index contributed by atoms with van der Waals surface area (Å²) in [5, 5.41) is 0. The second-order valence-electron chi connectivity index (χ2n) is 5.70. The highest BCUT2D eigenvalue weighted by molar-refractivity contribution is 5.95. The molecule has 2 rings (SSSR count). The van der Waals surface area contributed by atoms with E-state index in [2.05, 4.69) is 4.74 Å². The Morgan fingerprint density at radius 1 is 1.08 bits per heavy atom. The van der Waals surface area contributed by atoms with Gasteiger partial charge in [-0.15, -0.1) is 0 Å². The number of likely N-dealkylation sites (N-methyl/N-ethyl adjacent to an activating group) is 1. The normalized spacial score (nSPS) is 15.0. The molecule has 0 unspecified atom stereocenters. The number of amides is 2. The van der Waals surface area contributed by atoms with Gasteiger partial charge in [-0.25, -0.2) is 0 Å². The first-order chi connectivity index (χ1) is 11.5. The molecular weight excluding hydrogens is 310 g/mol. The molecule has 1 aromatic carbocycles. The molecule has 1 heterocycles. The second-order valence-corrected chi connectivity index (χ2v) is 5.70. The van der Waals surface area contributed by atoms with Crippen LogP contribution in [0.4, 0.5) is 5.69 Å². The van der Waals surface area contributed by atoms with Gasteiger partial charge in [0.1, 0.15) is 6.42 Å². The Labute approximate surface area is 141 Å². The average Bonchev–Trinajstić information content (AvgIpc) is 2.62. The molecule has 0 aromatic heterocycles. The minimum Gasteiger partial charge on any atom is -0.469 e. The Kier molecular flexibility index (Phi) is 6.31. The van der Waals surface area contributed by atoms with Crippen LogP contribution < -0.4 is 4.90 Å². The van der Waals surface area contributed by atoms with Crippen LogP contribution >= 0.6 is 0 Å². The SMILES string of the molecule is COC(=O)CC(=O)N1CCN(CC(=O)N(C)c2ccccc2)CC1. The number of ether oxygens (including phenoxy) is 1. The molecule has 1 saturated heterocycles. The van der Waals surface area contributed by atoms with E-state index in [1.54, 1.807) is 16.8 Å². The van der Waals surface area contributed by atoms with E-state index < -0.39 is 5.97 Å². The zero-order valence-electron chi connectivity index (χ0n) is 14.1. The van der Waals surface area contributed by atoms with Crippen molar-refractivity contribution in [2.45, 2.75) is 6.42 Å². The van der Waals surface area contributed by atoms with E-state index in [9.17, 15) is 14.4 Å². The molecule has 1 aromatic rings. The standard InChI is InChI=1S/C17H23N3O4/c1-18(14-6-4-3-5-7-14)16(22)13-19-8-10-20(11-9-19)15(21)12-17(23)24-2/h3-7H,8-13H2,1-2H3. The second kappa shape index (κ2) is 8.44. The summed E-state index contributed by atoms with van der Waals surface area (Å²) < 4.78 is 4.51. The first-order valence-electron chi connectivity index (χ1n) is 7.90. The molecule has 0 N–H and O–H groups in total. The van der Waals surface area contributed by atoms with Gasteiger partial charge in [-0.3, -0.25) is 19.3 Å². The van der Waals surface area contributed by atoms with E-state index >= 15 is 0 Å². The zero-order chi connectivity index (χ0) is 17.5. The van der Waals surface area contributed by atoms with Gasteiger partial charge in [0.05, 0.1) is 13.7 Å². The van der Waals surface area contributed by atoms with Crippen LogP contribution in [0.15, 0.2) is 30.3 Å². The first kappa shape index (κ1) is 17.9.